The van der Waals surface area contributed by atoms with Gasteiger partial charge in [-0.05, 0) is 43.9 Å². The van der Waals surface area contributed by atoms with Crippen LogP contribution in [-0.4, -0.2) is 12.8 Å². The fourth-order valence-electron chi connectivity index (χ4n) is 1.57. The van der Waals surface area contributed by atoms with Gasteiger partial charge in [0.15, 0.2) is 0 Å². The van der Waals surface area contributed by atoms with E-state index in [9.17, 15) is 13.2 Å². The minimum atomic E-state index is -4.03. The zero-order valence-corrected chi connectivity index (χ0v) is 9.89. The molecule has 1 rings (SSSR count). The number of halogens is 3. The molecule has 0 heterocycles. The van der Waals surface area contributed by atoms with Crippen molar-refractivity contribution in [1.29, 1.82) is 0 Å². The minimum absolute atomic E-state index is 0.191. The summed E-state index contributed by atoms with van der Waals surface area (Å²) in [5.74, 6) is 0.798. The van der Waals surface area contributed by atoms with Crippen molar-refractivity contribution in [3.63, 3.8) is 0 Å². The molecule has 0 aliphatic carbocycles. The Morgan fingerprint density at radius 1 is 1.06 bits per heavy atom. The molecule has 0 saturated heterocycles. The van der Waals surface area contributed by atoms with Crippen molar-refractivity contribution in [3.8, 4) is 5.75 Å². The van der Waals surface area contributed by atoms with Gasteiger partial charge in [-0.3, -0.25) is 0 Å². The largest absolute Gasteiger partial charge is 0.494 e. The van der Waals surface area contributed by atoms with Crippen molar-refractivity contribution in [3.05, 3.63) is 29.8 Å². The van der Waals surface area contributed by atoms with Gasteiger partial charge in [0.2, 0.25) is 0 Å². The van der Waals surface area contributed by atoms with E-state index in [4.69, 9.17) is 4.74 Å². The predicted octanol–water partition coefficient (Wildman–Crippen LogP) is 4.36. The molecular formula is C13H17F3O. The Labute approximate surface area is 99.6 Å². The van der Waals surface area contributed by atoms with Gasteiger partial charge in [-0.2, -0.15) is 13.2 Å². The Hall–Kier alpha value is -1.19. The predicted molar refractivity (Wildman–Crippen MR) is 61.2 cm³/mol. The summed E-state index contributed by atoms with van der Waals surface area (Å²) in [4.78, 5) is 0. The van der Waals surface area contributed by atoms with E-state index in [1.807, 2.05) is 31.2 Å². The molecule has 0 fully saturated rings. The maximum absolute atomic E-state index is 11.9. The van der Waals surface area contributed by atoms with Crippen molar-refractivity contribution >= 4 is 0 Å². The first-order chi connectivity index (χ1) is 8.01. The van der Waals surface area contributed by atoms with E-state index in [1.165, 1.54) is 0 Å². The number of hydrogen-bond donors (Lipinski definition) is 0. The molecule has 1 nitrogen and oxygen atoms in total. The molecule has 96 valence electrons. The van der Waals surface area contributed by atoms with Crippen molar-refractivity contribution < 1.29 is 17.9 Å². The quantitative estimate of drug-likeness (QED) is 0.677. The summed E-state index contributed by atoms with van der Waals surface area (Å²) < 4.78 is 41.0. The Morgan fingerprint density at radius 2 is 1.71 bits per heavy atom. The van der Waals surface area contributed by atoms with E-state index in [0.29, 0.717) is 19.4 Å². The maximum Gasteiger partial charge on any atom is 0.389 e. The second-order valence-corrected chi connectivity index (χ2v) is 3.90. The number of unbranched alkanes of at least 4 members (excludes halogenated alkanes) is 1. The van der Waals surface area contributed by atoms with Crippen LogP contribution in [0.4, 0.5) is 13.2 Å². The lowest BCUT2D eigenvalue weighted by Gasteiger charge is -2.06. The molecule has 0 radical (unpaired) electrons. The third kappa shape index (κ3) is 6.19. The van der Waals surface area contributed by atoms with Crippen molar-refractivity contribution in [1.82, 2.24) is 0 Å². The number of hydrogen-bond acceptors (Lipinski definition) is 1. The average Bonchev–Trinajstić information content (AvgIpc) is 2.26. The highest BCUT2D eigenvalue weighted by Crippen LogP contribution is 2.23. The SMILES string of the molecule is CCOc1ccc(CCCCC(F)(F)F)cc1. The van der Waals surface area contributed by atoms with Gasteiger partial charge in [-0.1, -0.05) is 12.1 Å². The first kappa shape index (κ1) is 13.9. The summed E-state index contributed by atoms with van der Waals surface area (Å²) in [5.41, 5.74) is 1.05. The van der Waals surface area contributed by atoms with Crippen LogP contribution in [0, 0.1) is 0 Å². The number of rotatable bonds is 6. The van der Waals surface area contributed by atoms with Gasteiger partial charge >= 0.3 is 6.18 Å². The molecule has 0 unspecified atom stereocenters. The van der Waals surface area contributed by atoms with Gasteiger partial charge < -0.3 is 4.74 Å². The van der Waals surface area contributed by atoms with Gasteiger partial charge in [0.05, 0.1) is 6.61 Å². The lowest BCUT2D eigenvalue weighted by molar-refractivity contribution is -0.135. The monoisotopic (exact) mass is 246 g/mol. The molecule has 0 aliphatic heterocycles. The molecule has 0 atom stereocenters. The van der Waals surface area contributed by atoms with Crippen LogP contribution in [-0.2, 0) is 6.42 Å². The normalized spacial score (nSPS) is 11.5. The standard InChI is InChI=1S/C13H17F3O/c1-2-17-12-8-6-11(7-9-12)5-3-4-10-13(14,15)16/h6-9H,2-5,10H2,1H3. The molecule has 0 bridgehead atoms. The van der Waals surface area contributed by atoms with Crippen LogP contribution in [0.2, 0.25) is 0 Å². The van der Waals surface area contributed by atoms with E-state index < -0.39 is 12.6 Å². The molecule has 0 N–H and O–H groups in total. The van der Waals surface area contributed by atoms with E-state index >= 15 is 0 Å². The Bertz CT molecular complexity index is 316. The molecule has 1 aromatic carbocycles. The van der Waals surface area contributed by atoms with Crippen LogP contribution in [0.3, 0.4) is 0 Å². The molecule has 17 heavy (non-hydrogen) atoms. The Balaban J connectivity index is 2.27. The third-order valence-electron chi connectivity index (χ3n) is 2.41. The van der Waals surface area contributed by atoms with Crippen molar-refractivity contribution in [2.24, 2.45) is 0 Å². The van der Waals surface area contributed by atoms with Crippen LogP contribution < -0.4 is 4.74 Å². The van der Waals surface area contributed by atoms with Crippen LogP contribution in [0.25, 0.3) is 0 Å². The van der Waals surface area contributed by atoms with Crippen LogP contribution in [0.1, 0.15) is 31.7 Å². The summed E-state index contributed by atoms with van der Waals surface area (Å²) in [6.07, 6.45) is -3.28. The second-order valence-electron chi connectivity index (χ2n) is 3.90. The summed E-state index contributed by atoms with van der Waals surface area (Å²) in [7, 11) is 0. The molecule has 0 saturated carbocycles. The number of benzene rings is 1. The number of ether oxygens (including phenoxy) is 1. The van der Waals surface area contributed by atoms with E-state index in [0.717, 1.165) is 11.3 Å². The van der Waals surface area contributed by atoms with Gasteiger partial charge in [-0.15, -0.1) is 0 Å². The fraction of sp³-hybridized carbons (Fsp3) is 0.538. The number of aryl methyl sites for hydroxylation is 1. The lowest BCUT2D eigenvalue weighted by atomic mass is 10.1. The molecule has 4 heteroatoms. The number of alkyl halides is 3. The van der Waals surface area contributed by atoms with Crippen LogP contribution >= 0.6 is 0 Å². The average molecular weight is 246 g/mol. The maximum atomic E-state index is 11.9. The zero-order valence-electron chi connectivity index (χ0n) is 9.89. The van der Waals surface area contributed by atoms with Gasteiger partial charge in [0.25, 0.3) is 0 Å². The summed E-state index contributed by atoms with van der Waals surface area (Å²) in [6, 6.07) is 7.50. The van der Waals surface area contributed by atoms with Crippen molar-refractivity contribution in [2.75, 3.05) is 6.61 Å². The van der Waals surface area contributed by atoms with E-state index in [1.54, 1.807) is 0 Å². The first-order valence-corrected chi connectivity index (χ1v) is 5.80. The van der Waals surface area contributed by atoms with Crippen molar-refractivity contribution in [2.45, 2.75) is 38.8 Å². The molecule has 1 aromatic rings. The highest BCUT2D eigenvalue weighted by Gasteiger charge is 2.25. The van der Waals surface area contributed by atoms with Crippen LogP contribution in [0.15, 0.2) is 24.3 Å². The van der Waals surface area contributed by atoms with Gasteiger partial charge in [0, 0.05) is 6.42 Å². The molecule has 0 aliphatic rings. The summed E-state index contributed by atoms with van der Waals surface area (Å²) in [6.45, 7) is 2.52. The fourth-order valence-corrected chi connectivity index (χ4v) is 1.57. The third-order valence-corrected chi connectivity index (χ3v) is 2.41. The highest BCUT2D eigenvalue weighted by molar-refractivity contribution is 5.27. The Morgan fingerprint density at radius 3 is 2.24 bits per heavy atom. The summed E-state index contributed by atoms with van der Waals surface area (Å²) >= 11 is 0. The Kier molecular flexibility index (Phi) is 5.32. The lowest BCUT2D eigenvalue weighted by Crippen LogP contribution is -2.06. The smallest absolute Gasteiger partial charge is 0.389 e. The van der Waals surface area contributed by atoms with Crippen LogP contribution in [0.5, 0.6) is 5.75 Å². The molecule has 0 spiro atoms. The topological polar surface area (TPSA) is 9.23 Å². The minimum Gasteiger partial charge on any atom is -0.494 e. The zero-order chi connectivity index (χ0) is 12.7. The van der Waals surface area contributed by atoms with E-state index in [-0.39, 0.29) is 6.42 Å². The van der Waals surface area contributed by atoms with Gasteiger partial charge in [0.1, 0.15) is 5.75 Å². The highest BCUT2D eigenvalue weighted by atomic mass is 19.4. The van der Waals surface area contributed by atoms with E-state index in [2.05, 4.69) is 0 Å². The first-order valence-electron chi connectivity index (χ1n) is 5.80. The molecular weight excluding hydrogens is 229 g/mol. The van der Waals surface area contributed by atoms with Gasteiger partial charge in [-0.25, -0.2) is 0 Å². The molecule has 0 amide bonds. The second kappa shape index (κ2) is 6.52. The molecule has 0 aromatic heterocycles. The summed E-state index contributed by atoms with van der Waals surface area (Å²) in [5, 5.41) is 0.